The molecule has 1 atom stereocenters. The molecule has 0 radical (unpaired) electrons. The molecule has 1 fully saturated rings. The fourth-order valence-corrected chi connectivity index (χ4v) is 3.57. The third-order valence-corrected chi connectivity index (χ3v) is 4.98. The molecule has 12 heteroatoms. The Kier molecular flexibility index (Phi) is 4.30. The molecule has 1 aliphatic heterocycles. The van der Waals surface area contributed by atoms with E-state index in [1.807, 2.05) is 6.07 Å². The summed E-state index contributed by atoms with van der Waals surface area (Å²) in [6.45, 7) is 1.56. The molecule has 0 saturated carbocycles. The first kappa shape index (κ1) is 17.5. The van der Waals surface area contributed by atoms with Crippen LogP contribution in [0.25, 0.3) is 17.2 Å². The first-order valence-corrected chi connectivity index (χ1v) is 9.12. The Morgan fingerprint density at radius 2 is 2.10 bits per heavy atom. The molecule has 5 rings (SSSR count). The van der Waals surface area contributed by atoms with Crippen molar-refractivity contribution >= 4 is 11.5 Å². The molecule has 0 aliphatic carbocycles. The van der Waals surface area contributed by atoms with Crippen LogP contribution in [0.2, 0.25) is 0 Å². The van der Waals surface area contributed by atoms with E-state index < -0.39 is 6.43 Å². The number of aromatic amines is 1. The van der Waals surface area contributed by atoms with Gasteiger partial charge in [0.2, 0.25) is 0 Å². The lowest BCUT2D eigenvalue weighted by Crippen LogP contribution is -2.35. The number of tetrazole rings is 1. The maximum Gasteiger partial charge on any atom is 0.281 e. The molecule has 1 saturated heterocycles. The van der Waals surface area contributed by atoms with Crippen LogP contribution in [0.1, 0.15) is 36.7 Å². The van der Waals surface area contributed by atoms with Gasteiger partial charge in [-0.2, -0.15) is 5.21 Å². The second kappa shape index (κ2) is 7.11. The van der Waals surface area contributed by atoms with E-state index >= 15 is 0 Å². The van der Waals surface area contributed by atoms with Crippen LogP contribution in [0.3, 0.4) is 0 Å². The maximum atomic E-state index is 13.0. The van der Waals surface area contributed by atoms with E-state index in [-0.39, 0.29) is 11.6 Å². The highest BCUT2D eigenvalue weighted by Crippen LogP contribution is 2.28. The molecule has 0 bridgehead atoms. The summed E-state index contributed by atoms with van der Waals surface area (Å²) in [7, 11) is 0. The number of piperidine rings is 1. The van der Waals surface area contributed by atoms with Gasteiger partial charge in [-0.3, -0.25) is 4.40 Å². The summed E-state index contributed by atoms with van der Waals surface area (Å²) in [5.41, 5.74) is 0.651. The van der Waals surface area contributed by atoms with E-state index in [1.54, 1.807) is 12.4 Å². The number of anilines is 1. The fraction of sp³-hybridized carbons (Fsp3) is 0.353. The van der Waals surface area contributed by atoms with Gasteiger partial charge in [-0.25, -0.2) is 28.7 Å². The summed E-state index contributed by atoms with van der Waals surface area (Å²) in [4.78, 5) is 19.1. The molecule has 0 aromatic carbocycles. The van der Waals surface area contributed by atoms with E-state index in [9.17, 15) is 8.78 Å². The van der Waals surface area contributed by atoms with E-state index in [0.29, 0.717) is 29.5 Å². The highest BCUT2D eigenvalue weighted by atomic mass is 19.3. The van der Waals surface area contributed by atoms with Crippen LogP contribution in [0.15, 0.2) is 30.9 Å². The molecule has 1 aliphatic rings. The average molecular weight is 398 g/mol. The predicted octanol–water partition coefficient (Wildman–Crippen LogP) is 2.02. The molecule has 148 valence electrons. The minimum absolute atomic E-state index is 0.163. The second-order valence-electron chi connectivity index (χ2n) is 6.78. The summed E-state index contributed by atoms with van der Waals surface area (Å²) >= 11 is 0. The Morgan fingerprint density at radius 3 is 2.93 bits per heavy atom. The molecule has 29 heavy (non-hydrogen) atoms. The monoisotopic (exact) mass is 398 g/mol. The minimum atomic E-state index is -2.67. The number of alkyl halides is 2. The van der Waals surface area contributed by atoms with Gasteiger partial charge in [0.1, 0.15) is 17.2 Å². The molecule has 4 aromatic heterocycles. The first-order valence-electron chi connectivity index (χ1n) is 9.12. The third-order valence-electron chi connectivity index (χ3n) is 4.98. The SMILES string of the molecule is FC(F)c1cn2c(-c3nccc(N4CCCC(c5nn[nH]n5)C4)n3)cnc2cn1. The van der Waals surface area contributed by atoms with Gasteiger partial charge in [0, 0.05) is 31.4 Å². The van der Waals surface area contributed by atoms with Crippen LogP contribution >= 0.6 is 0 Å². The average Bonchev–Trinajstić information content (AvgIpc) is 3.43. The zero-order valence-electron chi connectivity index (χ0n) is 15.2. The Morgan fingerprint density at radius 1 is 1.17 bits per heavy atom. The lowest BCUT2D eigenvalue weighted by molar-refractivity contribution is 0.145. The zero-order valence-corrected chi connectivity index (χ0v) is 15.2. The second-order valence-corrected chi connectivity index (χ2v) is 6.78. The largest absolute Gasteiger partial charge is 0.356 e. The van der Waals surface area contributed by atoms with Crippen LogP contribution in [0.5, 0.6) is 0 Å². The minimum Gasteiger partial charge on any atom is -0.356 e. The quantitative estimate of drug-likeness (QED) is 0.555. The smallest absolute Gasteiger partial charge is 0.281 e. The number of nitrogens with one attached hydrogen (secondary N) is 1. The molecular weight excluding hydrogens is 382 g/mol. The topological polar surface area (TPSA) is 114 Å². The number of fused-ring (bicyclic) bond motifs is 1. The van der Waals surface area contributed by atoms with Crippen LogP contribution in [-0.2, 0) is 0 Å². The number of hydrogen-bond donors (Lipinski definition) is 1. The van der Waals surface area contributed by atoms with Gasteiger partial charge < -0.3 is 4.90 Å². The number of imidazole rings is 1. The summed E-state index contributed by atoms with van der Waals surface area (Å²) < 4.78 is 27.6. The van der Waals surface area contributed by atoms with Crippen molar-refractivity contribution in [1.29, 1.82) is 0 Å². The number of hydrogen-bond acceptors (Lipinski definition) is 8. The third kappa shape index (κ3) is 3.26. The molecule has 1 N–H and O–H groups in total. The number of halogens is 2. The lowest BCUT2D eigenvalue weighted by atomic mass is 9.97. The molecule has 5 heterocycles. The summed E-state index contributed by atoms with van der Waals surface area (Å²) in [6, 6.07) is 1.83. The van der Waals surface area contributed by atoms with Crippen LogP contribution in [0.4, 0.5) is 14.6 Å². The molecule has 10 nitrogen and oxygen atoms in total. The van der Waals surface area contributed by atoms with Gasteiger partial charge >= 0.3 is 0 Å². The van der Waals surface area contributed by atoms with Gasteiger partial charge in [0.05, 0.1) is 12.4 Å². The fourth-order valence-electron chi connectivity index (χ4n) is 3.57. The normalized spacial score (nSPS) is 17.3. The molecule has 4 aromatic rings. The van der Waals surface area contributed by atoms with Gasteiger partial charge in [-0.05, 0) is 18.9 Å². The van der Waals surface area contributed by atoms with E-state index in [4.69, 9.17) is 0 Å². The van der Waals surface area contributed by atoms with Crippen LogP contribution in [0, 0.1) is 0 Å². The molecular formula is C17H16F2N10. The van der Waals surface area contributed by atoms with Crippen molar-refractivity contribution in [2.24, 2.45) is 0 Å². The van der Waals surface area contributed by atoms with Crippen molar-refractivity contribution in [3.63, 3.8) is 0 Å². The molecule has 1 unspecified atom stereocenters. The van der Waals surface area contributed by atoms with Gasteiger partial charge in [0.15, 0.2) is 17.3 Å². The Hall–Kier alpha value is -3.57. The number of rotatable bonds is 4. The lowest BCUT2D eigenvalue weighted by Gasteiger charge is -2.32. The number of aromatic nitrogens is 9. The first-order chi connectivity index (χ1) is 14.2. The summed E-state index contributed by atoms with van der Waals surface area (Å²) in [6.07, 6.45) is 5.08. The molecule has 0 amide bonds. The van der Waals surface area contributed by atoms with E-state index in [2.05, 4.69) is 45.5 Å². The summed E-state index contributed by atoms with van der Waals surface area (Å²) in [5.74, 6) is 2.01. The van der Waals surface area contributed by atoms with Crippen LogP contribution in [-0.4, -0.2) is 58.1 Å². The van der Waals surface area contributed by atoms with Crippen molar-refractivity contribution in [2.75, 3.05) is 18.0 Å². The molecule has 0 spiro atoms. The Bertz CT molecular complexity index is 1130. The number of nitrogens with zero attached hydrogens (tertiary/aromatic N) is 9. The van der Waals surface area contributed by atoms with Gasteiger partial charge in [-0.1, -0.05) is 5.21 Å². The van der Waals surface area contributed by atoms with Crippen molar-refractivity contribution in [3.8, 4) is 11.5 Å². The van der Waals surface area contributed by atoms with E-state index in [1.165, 1.54) is 16.8 Å². The van der Waals surface area contributed by atoms with Crippen molar-refractivity contribution in [2.45, 2.75) is 25.2 Å². The summed E-state index contributed by atoms with van der Waals surface area (Å²) in [5, 5.41) is 14.3. The highest BCUT2D eigenvalue weighted by Gasteiger charge is 2.25. The Balaban J connectivity index is 1.47. The highest BCUT2D eigenvalue weighted by molar-refractivity contribution is 5.58. The standard InChI is InChI=1S/C17H16F2N10/c18-15(19)11-9-29-12(6-22-14(29)7-21-11)17-20-4-3-13(23-17)28-5-1-2-10(8-28)16-24-26-27-25-16/h3-4,6-7,9-10,15H,1-2,5,8H2,(H,24,25,26,27). The van der Waals surface area contributed by atoms with Crippen molar-refractivity contribution < 1.29 is 8.78 Å². The van der Waals surface area contributed by atoms with Crippen molar-refractivity contribution in [1.82, 2.24) is 45.0 Å². The van der Waals surface area contributed by atoms with E-state index in [0.717, 1.165) is 25.2 Å². The predicted molar refractivity (Wildman–Crippen MR) is 97.3 cm³/mol. The number of H-pyrrole nitrogens is 1. The van der Waals surface area contributed by atoms with Crippen molar-refractivity contribution in [3.05, 3.63) is 42.4 Å². The van der Waals surface area contributed by atoms with Gasteiger partial charge in [-0.15, -0.1) is 10.2 Å². The zero-order chi connectivity index (χ0) is 19.8. The maximum absolute atomic E-state index is 13.0. The Labute approximate surface area is 163 Å². The van der Waals surface area contributed by atoms with Gasteiger partial charge in [0.25, 0.3) is 6.43 Å². The van der Waals surface area contributed by atoms with Crippen LogP contribution < -0.4 is 4.90 Å².